The predicted molar refractivity (Wildman–Crippen MR) is 77.6 cm³/mol. The Morgan fingerprint density at radius 3 is 2.86 bits per heavy atom. The molecule has 2 heterocycles. The first-order chi connectivity index (χ1) is 9.99. The summed E-state index contributed by atoms with van der Waals surface area (Å²) in [6.07, 6.45) is 2.31. The molecule has 2 amide bonds. The zero-order valence-electron chi connectivity index (χ0n) is 12.5. The first-order valence-corrected chi connectivity index (χ1v) is 6.81. The number of amides is 2. The van der Waals surface area contributed by atoms with Crippen molar-refractivity contribution in [2.45, 2.75) is 18.9 Å². The highest BCUT2D eigenvalue weighted by Crippen LogP contribution is 2.17. The Bertz CT molecular complexity index is 536. The fourth-order valence-corrected chi connectivity index (χ4v) is 2.14. The van der Waals surface area contributed by atoms with Crippen LogP contribution in [-0.2, 0) is 9.59 Å². The van der Waals surface area contributed by atoms with Crippen LogP contribution in [0.5, 0.6) is 0 Å². The number of likely N-dealkylation sites (N-methyl/N-ethyl adjacent to an activating group) is 1. The second kappa shape index (κ2) is 6.53. The molecule has 1 aliphatic rings. The van der Waals surface area contributed by atoms with Gasteiger partial charge in [0.05, 0.1) is 12.3 Å². The summed E-state index contributed by atoms with van der Waals surface area (Å²) in [5.74, 6) is 0.472. The van der Waals surface area contributed by atoms with Crippen molar-refractivity contribution < 1.29 is 14.0 Å². The van der Waals surface area contributed by atoms with Crippen LogP contribution in [-0.4, -0.2) is 55.1 Å². The number of rotatable bonds is 5. The van der Waals surface area contributed by atoms with E-state index in [1.54, 1.807) is 13.3 Å². The standard InChI is InChI=1S/C14H20N4O3/c1-17(2)11(12-5-4-8-21-12)9-15-14(20)10-6-7-13(19)18(3)16-10/h4-5,8,11H,6-7,9H2,1-3H3,(H,15,20)/t11-/m1/s1. The van der Waals surface area contributed by atoms with Crippen LogP contribution in [0.3, 0.4) is 0 Å². The van der Waals surface area contributed by atoms with Gasteiger partial charge in [-0.25, -0.2) is 5.01 Å². The molecule has 0 unspecified atom stereocenters. The van der Waals surface area contributed by atoms with E-state index in [0.29, 0.717) is 25.1 Å². The number of furan rings is 1. The van der Waals surface area contributed by atoms with Crippen LogP contribution >= 0.6 is 0 Å². The van der Waals surface area contributed by atoms with E-state index in [0.717, 1.165) is 5.76 Å². The predicted octanol–water partition coefficient (Wildman–Crippen LogP) is 0.607. The number of hydrazone groups is 1. The van der Waals surface area contributed by atoms with Gasteiger partial charge in [0, 0.05) is 26.4 Å². The van der Waals surface area contributed by atoms with Crippen molar-refractivity contribution in [1.82, 2.24) is 15.2 Å². The summed E-state index contributed by atoms with van der Waals surface area (Å²) in [6.45, 7) is 0.413. The van der Waals surface area contributed by atoms with Gasteiger partial charge < -0.3 is 9.73 Å². The highest BCUT2D eigenvalue weighted by Gasteiger charge is 2.23. The molecule has 0 saturated carbocycles. The summed E-state index contributed by atoms with van der Waals surface area (Å²) in [4.78, 5) is 25.4. The summed E-state index contributed by atoms with van der Waals surface area (Å²) >= 11 is 0. The molecule has 7 heteroatoms. The minimum atomic E-state index is -0.243. The van der Waals surface area contributed by atoms with Crippen molar-refractivity contribution in [2.24, 2.45) is 5.10 Å². The molecule has 114 valence electrons. The molecule has 0 spiro atoms. The van der Waals surface area contributed by atoms with E-state index in [1.165, 1.54) is 5.01 Å². The van der Waals surface area contributed by atoms with Crippen molar-refractivity contribution in [2.75, 3.05) is 27.7 Å². The zero-order valence-corrected chi connectivity index (χ0v) is 12.5. The Balaban J connectivity index is 1.97. The van der Waals surface area contributed by atoms with Crippen LogP contribution in [0.4, 0.5) is 0 Å². The van der Waals surface area contributed by atoms with Gasteiger partial charge in [0.15, 0.2) is 0 Å². The topological polar surface area (TPSA) is 78.2 Å². The van der Waals surface area contributed by atoms with Crippen LogP contribution in [0, 0.1) is 0 Å². The van der Waals surface area contributed by atoms with Gasteiger partial charge in [-0.3, -0.25) is 14.5 Å². The summed E-state index contributed by atoms with van der Waals surface area (Å²) in [5.41, 5.74) is 0.383. The average molecular weight is 292 g/mol. The van der Waals surface area contributed by atoms with E-state index in [4.69, 9.17) is 4.42 Å². The van der Waals surface area contributed by atoms with Crippen molar-refractivity contribution >= 4 is 17.5 Å². The molecule has 0 aliphatic carbocycles. The van der Waals surface area contributed by atoms with Gasteiger partial charge in [-0.05, 0) is 26.2 Å². The molecule has 1 aliphatic heterocycles. The molecule has 1 atom stereocenters. The minimum absolute atomic E-state index is 0.0486. The van der Waals surface area contributed by atoms with E-state index in [-0.39, 0.29) is 17.9 Å². The van der Waals surface area contributed by atoms with Crippen LogP contribution < -0.4 is 5.32 Å². The fourth-order valence-electron chi connectivity index (χ4n) is 2.14. The highest BCUT2D eigenvalue weighted by molar-refractivity contribution is 6.39. The molecular formula is C14H20N4O3. The Kier molecular flexibility index (Phi) is 4.74. The molecule has 7 nitrogen and oxygen atoms in total. The lowest BCUT2D eigenvalue weighted by Crippen LogP contribution is -2.41. The lowest BCUT2D eigenvalue weighted by molar-refractivity contribution is -0.130. The summed E-state index contributed by atoms with van der Waals surface area (Å²) in [5, 5.41) is 8.06. The van der Waals surface area contributed by atoms with E-state index in [9.17, 15) is 9.59 Å². The van der Waals surface area contributed by atoms with Gasteiger partial charge in [0.1, 0.15) is 11.5 Å². The molecule has 0 bridgehead atoms. The second-order valence-electron chi connectivity index (χ2n) is 5.17. The number of hydrogen-bond acceptors (Lipinski definition) is 5. The van der Waals surface area contributed by atoms with Crippen molar-refractivity contribution in [3.8, 4) is 0 Å². The van der Waals surface area contributed by atoms with Gasteiger partial charge in [-0.2, -0.15) is 5.10 Å². The molecule has 0 saturated heterocycles. The molecule has 0 fully saturated rings. The van der Waals surface area contributed by atoms with E-state index < -0.39 is 0 Å². The van der Waals surface area contributed by atoms with Crippen LogP contribution in [0.2, 0.25) is 0 Å². The Morgan fingerprint density at radius 1 is 1.52 bits per heavy atom. The monoisotopic (exact) mass is 292 g/mol. The Labute approximate surface area is 123 Å². The van der Waals surface area contributed by atoms with Gasteiger partial charge in [0.25, 0.3) is 5.91 Å². The number of carbonyl (C=O) groups is 2. The Hall–Kier alpha value is -2.15. The third-order valence-corrected chi connectivity index (χ3v) is 3.42. The summed E-state index contributed by atoms with van der Waals surface area (Å²) in [7, 11) is 5.40. The van der Waals surface area contributed by atoms with Crippen LogP contribution in [0.1, 0.15) is 24.6 Å². The largest absolute Gasteiger partial charge is 0.468 e. The third-order valence-electron chi connectivity index (χ3n) is 3.42. The first-order valence-electron chi connectivity index (χ1n) is 6.81. The molecule has 0 radical (unpaired) electrons. The number of nitrogens with one attached hydrogen (secondary N) is 1. The third kappa shape index (κ3) is 3.69. The SMILES string of the molecule is CN1N=C(C(=O)NC[C@H](c2ccco2)N(C)C)CCC1=O. The van der Waals surface area contributed by atoms with Crippen molar-refractivity contribution in [1.29, 1.82) is 0 Å². The summed E-state index contributed by atoms with van der Waals surface area (Å²) in [6, 6.07) is 3.65. The molecule has 1 aromatic heterocycles. The normalized spacial score (nSPS) is 16.9. The quantitative estimate of drug-likeness (QED) is 0.862. The zero-order chi connectivity index (χ0) is 15.4. The number of carbonyl (C=O) groups excluding carboxylic acids is 2. The molecule has 1 aromatic rings. The van der Waals surface area contributed by atoms with Crippen molar-refractivity contribution in [3.63, 3.8) is 0 Å². The summed E-state index contributed by atoms with van der Waals surface area (Å²) < 4.78 is 5.39. The maximum Gasteiger partial charge on any atom is 0.267 e. The molecular weight excluding hydrogens is 272 g/mol. The highest BCUT2D eigenvalue weighted by atomic mass is 16.3. The van der Waals surface area contributed by atoms with Crippen molar-refractivity contribution in [3.05, 3.63) is 24.2 Å². The van der Waals surface area contributed by atoms with Gasteiger partial charge >= 0.3 is 0 Å². The second-order valence-corrected chi connectivity index (χ2v) is 5.17. The molecule has 2 rings (SSSR count). The van der Waals surface area contributed by atoms with Gasteiger partial charge in [-0.1, -0.05) is 0 Å². The minimum Gasteiger partial charge on any atom is -0.468 e. The fraction of sp³-hybridized carbons (Fsp3) is 0.500. The number of nitrogens with zero attached hydrogens (tertiary/aromatic N) is 3. The molecule has 0 aromatic carbocycles. The van der Waals surface area contributed by atoms with Gasteiger partial charge in [0.2, 0.25) is 5.91 Å². The van der Waals surface area contributed by atoms with E-state index in [2.05, 4.69) is 10.4 Å². The maximum atomic E-state index is 12.1. The first kappa shape index (κ1) is 15.2. The maximum absolute atomic E-state index is 12.1. The van der Waals surface area contributed by atoms with Crippen LogP contribution in [0.15, 0.2) is 27.9 Å². The van der Waals surface area contributed by atoms with E-state index >= 15 is 0 Å². The molecule has 21 heavy (non-hydrogen) atoms. The Morgan fingerprint density at radius 2 is 2.29 bits per heavy atom. The average Bonchev–Trinajstić information content (AvgIpc) is 2.95. The van der Waals surface area contributed by atoms with Crippen LogP contribution in [0.25, 0.3) is 0 Å². The van der Waals surface area contributed by atoms with E-state index in [1.807, 2.05) is 31.1 Å². The van der Waals surface area contributed by atoms with Gasteiger partial charge in [-0.15, -0.1) is 0 Å². The lowest BCUT2D eigenvalue weighted by atomic mass is 10.1. The molecule has 1 N–H and O–H groups in total. The smallest absolute Gasteiger partial charge is 0.267 e. The lowest BCUT2D eigenvalue weighted by Gasteiger charge is -2.23. The number of hydrogen-bond donors (Lipinski definition) is 1.